The lowest BCUT2D eigenvalue weighted by molar-refractivity contribution is -0.124. The lowest BCUT2D eigenvalue weighted by atomic mass is 10.0. The quantitative estimate of drug-likeness (QED) is 0.730. The Morgan fingerprint density at radius 2 is 1.70 bits per heavy atom. The Morgan fingerprint density at radius 1 is 1.00 bits per heavy atom. The van der Waals surface area contributed by atoms with E-state index < -0.39 is 9.84 Å². The maximum absolute atomic E-state index is 12.6. The molecule has 160 valence electrons. The summed E-state index contributed by atoms with van der Waals surface area (Å²) < 4.78 is 30.2. The zero-order chi connectivity index (χ0) is 21.0. The second kappa shape index (κ2) is 9.18. The van der Waals surface area contributed by atoms with Crippen LogP contribution in [0.5, 0.6) is 5.75 Å². The summed E-state index contributed by atoms with van der Waals surface area (Å²) in [4.78, 5) is 14.8. The number of nitrogens with one attached hydrogen (secondary N) is 1. The largest absolute Gasteiger partial charge is 0.483 e. The number of benzene rings is 2. The number of carbonyl (C=O) groups excluding carboxylic acids is 1. The van der Waals surface area contributed by atoms with Crippen LogP contribution in [-0.4, -0.2) is 62.5 Å². The molecule has 1 N–H and O–H groups in total. The normalized spacial score (nSPS) is 23.3. The predicted molar refractivity (Wildman–Crippen MR) is 116 cm³/mol. The fourth-order valence-electron chi connectivity index (χ4n) is 4.40. The maximum Gasteiger partial charge on any atom is 0.258 e. The molecule has 0 bridgehead atoms. The molecule has 2 atom stereocenters. The zero-order valence-electron chi connectivity index (χ0n) is 17.0. The molecule has 2 aliphatic heterocycles. The van der Waals surface area contributed by atoms with Crippen molar-refractivity contribution in [3.8, 4) is 5.75 Å². The highest BCUT2D eigenvalue weighted by atomic mass is 32.2. The van der Waals surface area contributed by atoms with Gasteiger partial charge >= 0.3 is 0 Å². The van der Waals surface area contributed by atoms with Crippen LogP contribution in [0.4, 0.5) is 0 Å². The van der Waals surface area contributed by atoms with Crippen molar-refractivity contribution in [2.24, 2.45) is 0 Å². The Balaban J connectivity index is 1.37. The van der Waals surface area contributed by atoms with Crippen molar-refractivity contribution >= 4 is 15.7 Å². The third-order valence-electron chi connectivity index (χ3n) is 5.85. The molecule has 4 rings (SSSR count). The Hall–Kier alpha value is -2.38. The van der Waals surface area contributed by atoms with Crippen LogP contribution in [0.3, 0.4) is 0 Å². The molecular formula is C23H28N2O4S. The first kappa shape index (κ1) is 20.9. The molecule has 1 amide bonds. The molecule has 0 aromatic heterocycles. The standard InChI is InChI=1S/C23H28N2O4S/c26-23(24-20-16-30(27,28)17-21(20)25-12-6-7-13-25)15-29-22-11-5-4-10-19(22)14-18-8-2-1-3-9-18/h1-5,8-11,20-21H,6-7,12-17H2,(H,24,26). The second-order valence-corrected chi connectivity index (χ2v) is 10.3. The Kier molecular flexibility index (Phi) is 6.39. The maximum atomic E-state index is 12.6. The van der Waals surface area contributed by atoms with E-state index in [0.29, 0.717) is 5.75 Å². The van der Waals surface area contributed by atoms with Gasteiger partial charge in [-0.05, 0) is 43.1 Å². The molecule has 7 heteroatoms. The molecule has 6 nitrogen and oxygen atoms in total. The second-order valence-electron chi connectivity index (χ2n) is 8.12. The van der Waals surface area contributed by atoms with E-state index in [0.717, 1.165) is 37.9 Å². The molecule has 2 saturated heterocycles. The Morgan fingerprint density at radius 3 is 2.47 bits per heavy atom. The van der Waals surface area contributed by atoms with Crippen LogP contribution < -0.4 is 10.1 Å². The van der Waals surface area contributed by atoms with E-state index in [1.807, 2.05) is 42.5 Å². The van der Waals surface area contributed by atoms with Crippen molar-refractivity contribution in [1.29, 1.82) is 0 Å². The van der Waals surface area contributed by atoms with Crippen LogP contribution >= 0.6 is 0 Å². The summed E-state index contributed by atoms with van der Waals surface area (Å²) in [7, 11) is -3.13. The van der Waals surface area contributed by atoms with E-state index in [2.05, 4.69) is 22.3 Å². The highest BCUT2D eigenvalue weighted by Gasteiger charge is 2.42. The van der Waals surface area contributed by atoms with Gasteiger partial charge in [0.15, 0.2) is 16.4 Å². The molecule has 2 fully saturated rings. The van der Waals surface area contributed by atoms with E-state index >= 15 is 0 Å². The van der Waals surface area contributed by atoms with Gasteiger partial charge in [0.05, 0.1) is 17.5 Å². The van der Waals surface area contributed by atoms with Crippen LogP contribution in [0, 0.1) is 0 Å². The predicted octanol–water partition coefficient (Wildman–Crippen LogP) is 2.03. The number of hydrogen-bond acceptors (Lipinski definition) is 5. The SMILES string of the molecule is O=C(COc1ccccc1Cc1ccccc1)NC1CS(=O)(=O)CC1N1CCCC1. The fourth-order valence-corrected chi connectivity index (χ4v) is 6.35. The van der Waals surface area contributed by atoms with Crippen molar-refractivity contribution in [3.63, 3.8) is 0 Å². The van der Waals surface area contributed by atoms with Gasteiger partial charge < -0.3 is 10.1 Å². The van der Waals surface area contributed by atoms with Crippen LogP contribution in [0.25, 0.3) is 0 Å². The van der Waals surface area contributed by atoms with Gasteiger partial charge in [0.25, 0.3) is 5.91 Å². The van der Waals surface area contributed by atoms with Gasteiger partial charge in [-0.15, -0.1) is 0 Å². The lowest BCUT2D eigenvalue weighted by Gasteiger charge is -2.28. The molecule has 2 unspecified atom stereocenters. The third-order valence-corrected chi connectivity index (χ3v) is 7.56. The topological polar surface area (TPSA) is 75.7 Å². The lowest BCUT2D eigenvalue weighted by Crippen LogP contribution is -2.51. The highest BCUT2D eigenvalue weighted by molar-refractivity contribution is 7.91. The molecule has 2 heterocycles. The fraction of sp³-hybridized carbons (Fsp3) is 0.435. The summed E-state index contributed by atoms with van der Waals surface area (Å²) in [5, 5.41) is 2.92. The summed E-state index contributed by atoms with van der Waals surface area (Å²) in [5.41, 5.74) is 2.18. The van der Waals surface area contributed by atoms with Gasteiger partial charge in [0, 0.05) is 12.5 Å². The van der Waals surface area contributed by atoms with Crippen LogP contribution in [0.15, 0.2) is 54.6 Å². The molecule has 0 aliphatic carbocycles. The Labute approximate surface area is 178 Å². The average Bonchev–Trinajstić information content (AvgIpc) is 3.35. The number of para-hydroxylation sites is 1. The van der Waals surface area contributed by atoms with Crippen LogP contribution in [0.1, 0.15) is 24.0 Å². The number of amides is 1. The highest BCUT2D eigenvalue weighted by Crippen LogP contribution is 2.23. The molecule has 0 spiro atoms. The third kappa shape index (κ3) is 5.21. The van der Waals surface area contributed by atoms with E-state index in [1.54, 1.807) is 0 Å². The van der Waals surface area contributed by atoms with Crippen LogP contribution in [0.2, 0.25) is 0 Å². The van der Waals surface area contributed by atoms with Crippen LogP contribution in [-0.2, 0) is 21.1 Å². The molecule has 2 aromatic rings. The van der Waals surface area contributed by atoms with Crippen molar-refractivity contribution < 1.29 is 17.9 Å². The van der Waals surface area contributed by atoms with E-state index in [4.69, 9.17) is 4.74 Å². The first-order valence-electron chi connectivity index (χ1n) is 10.5. The van der Waals surface area contributed by atoms with Crippen molar-refractivity contribution in [2.45, 2.75) is 31.3 Å². The monoisotopic (exact) mass is 428 g/mol. The molecule has 2 aromatic carbocycles. The molecule has 0 saturated carbocycles. The molecule has 0 radical (unpaired) electrons. The van der Waals surface area contributed by atoms with E-state index in [1.165, 1.54) is 5.56 Å². The van der Waals surface area contributed by atoms with Gasteiger partial charge in [-0.2, -0.15) is 0 Å². The number of likely N-dealkylation sites (tertiary alicyclic amines) is 1. The van der Waals surface area contributed by atoms with Gasteiger partial charge in [-0.1, -0.05) is 48.5 Å². The van der Waals surface area contributed by atoms with Gasteiger partial charge in [0.1, 0.15) is 5.75 Å². The summed E-state index contributed by atoms with van der Waals surface area (Å²) in [5.74, 6) is 0.519. The zero-order valence-corrected chi connectivity index (χ0v) is 17.8. The summed E-state index contributed by atoms with van der Waals surface area (Å²) in [6.07, 6.45) is 2.88. The number of sulfone groups is 1. The summed E-state index contributed by atoms with van der Waals surface area (Å²) in [6.45, 7) is 1.67. The molecular weight excluding hydrogens is 400 g/mol. The van der Waals surface area contributed by atoms with E-state index in [9.17, 15) is 13.2 Å². The van der Waals surface area contributed by atoms with Crippen molar-refractivity contribution in [1.82, 2.24) is 10.2 Å². The Bertz CT molecular complexity index is 972. The smallest absolute Gasteiger partial charge is 0.258 e. The first-order valence-corrected chi connectivity index (χ1v) is 12.3. The minimum absolute atomic E-state index is 0.00447. The number of nitrogens with zero attached hydrogens (tertiary/aromatic N) is 1. The van der Waals surface area contributed by atoms with Gasteiger partial charge in [-0.25, -0.2) is 8.42 Å². The number of carbonyl (C=O) groups is 1. The van der Waals surface area contributed by atoms with E-state index in [-0.39, 0.29) is 36.1 Å². The van der Waals surface area contributed by atoms with Gasteiger partial charge in [-0.3, -0.25) is 9.69 Å². The summed E-state index contributed by atoms with van der Waals surface area (Å²) >= 11 is 0. The van der Waals surface area contributed by atoms with Crippen molar-refractivity contribution in [3.05, 3.63) is 65.7 Å². The molecule has 30 heavy (non-hydrogen) atoms. The number of ether oxygens (including phenoxy) is 1. The van der Waals surface area contributed by atoms with Crippen molar-refractivity contribution in [2.75, 3.05) is 31.2 Å². The average molecular weight is 429 g/mol. The number of rotatable bonds is 7. The first-order chi connectivity index (χ1) is 14.5. The minimum Gasteiger partial charge on any atom is -0.483 e. The summed E-state index contributed by atoms with van der Waals surface area (Å²) in [6, 6.07) is 17.3. The molecule has 2 aliphatic rings. The minimum atomic E-state index is -3.13. The van der Waals surface area contributed by atoms with Gasteiger partial charge in [0.2, 0.25) is 0 Å². The number of hydrogen-bond donors (Lipinski definition) is 1.